The summed E-state index contributed by atoms with van der Waals surface area (Å²) in [4.78, 5) is 14.6. The molecule has 0 radical (unpaired) electrons. The van der Waals surface area contributed by atoms with Gasteiger partial charge in [-0.2, -0.15) is 11.3 Å². The maximum atomic E-state index is 12.7. The monoisotopic (exact) mass is 346 g/mol. The molecule has 1 aliphatic heterocycles. The summed E-state index contributed by atoms with van der Waals surface area (Å²) in [5, 5.41) is 12.6. The van der Waals surface area contributed by atoms with Crippen LogP contribution in [0.4, 0.5) is 0 Å². The lowest BCUT2D eigenvalue weighted by atomic mass is 9.98. The van der Waals surface area contributed by atoms with Crippen molar-refractivity contribution in [2.75, 3.05) is 19.8 Å². The minimum absolute atomic E-state index is 0.0696. The van der Waals surface area contributed by atoms with E-state index in [1.807, 2.05) is 28.7 Å². The highest BCUT2D eigenvalue weighted by Crippen LogP contribution is 2.34. The maximum Gasteiger partial charge on any atom is 0.255 e. The van der Waals surface area contributed by atoms with Gasteiger partial charge >= 0.3 is 0 Å². The minimum atomic E-state index is 0.0696. The smallest absolute Gasteiger partial charge is 0.255 e. The molecule has 1 fully saturated rings. The van der Waals surface area contributed by atoms with Gasteiger partial charge in [0, 0.05) is 31.0 Å². The van der Waals surface area contributed by atoms with Gasteiger partial charge in [-0.25, -0.2) is 4.68 Å². The van der Waals surface area contributed by atoms with Crippen LogP contribution in [0.25, 0.3) is 0 Å². The first-order valence-corrected chi connectivity index (χ1v) is 9.52. The molecule has 1 amide bonds. The van der Waals surface area contributed by atoms with E-state index < -0.39 is 0 Å². The summed E-state index contributed by atoms with van der Waals surface area (Å²) in [6.45, 7) is 5.43. The summed E-state index contributed by atoms with van der Waals surface area (Å²) in [5.41, 5.74) is 2.85. The standard InChI is InChI=1S/C17H22N4O2S/c1-2-23-10-14-8-20(17(22)13-5-6-24-11-13)9-15-16(14)21(19-18-15)7-12-3-4-12/h5-6,11-12,14H,2-4,7-10H2,1H3/t14-/m0/s1. The van der Waals surface area contributed by atoms with Crippen LogP contribution in [0.5, 0.6) is 0 Å². The lowest BCUT2D eigenvalue weighted by molar-refractivity contribution is 0.0644. The van der Waals surface area contributed by atoms with Crippen molar-refractivity contribution in [1.29, 1.82) is 0 Å². The molecule has 4 rings (SSSR count). The first-order valence-electron chi connectivity index (χ1n) is 8.57. The fourth-order valence-electron chi connectivity index (χ4n) is 3.31. The second-order valence-electron chi connectivity index (χ2n) is 6.60. The Bertz CT molecular complexity index is 708. The molecule has 128 valence electrons. The molecule has 0 saturated heterocycles. The second kappa shape index (κ2) is 6.64. The molecule has 1 aliphatic carbocycles. The number of ether oxygens (including phenoxy) is 1. The fraction of sp³-hybridized carbons (Fsp3) is 0.588. The SMILES string of the molecule is CCOC[C@@H]1CN(C(=O)c2ccsc2)Cc2nnn(CC3CC3)c21. The molecule has 3 heterocycles. The molecule has 2 aromatic heterocycles. The summed E-state index contributed by atoms with van der Waals surface area (Å²) in [6, 6.07) is 1.88. The summed E-state index contributed by atoms with van der Waals surface area (Å²) in [6.07, 6.45) is 2.57. The van der Waals surface area contributed by atoms with Crippen molar-refractivity contribution in [3.8, 4) is 0 Å². The molecule has 7 heteroatoms. The van der Waals surface area contributed by atoms with Gasteiger partial charge in [0.15, 0.2) is 0 Å². The number of carbonyl (C=O) groups is 1. The fourth-order valence-corrected chi connectivity index (χ4v) is 3.94. The number of nitrogens with zero attached hydrogens (tertiary/aromatic N) is 4. The van der Waals surface area contributed by atoms with Crippen molar-refractivity contribution in [1.82, 2.24) is 19.9 Å². The first-order chi connectivity index (χ1) is 11.8. The number of hydrogen-bond acceptors (Lipinski definition) is 5. The number of hydrogen-bond donors (Lipinski definition) is 0. The Morgan fingerprint density at radius 3 is 3.04 bits per heavy atom. The van der Waals surface area contributed by atoms with Gasteiger partial charge in [0.05, 0.1) is 24.4 Å². The van der Waals surface area contributed by atoms with E-state index in [1.54, 1.807) is 11.3 Å². The zero-order valence-electron chi connectivity index (χ0n) is 13.9. The van der Waals surface area contributed by atoms with Crippen molar-refractivity contribution < 1.29 is 9.53 Å². The highest BCUT2D eigenvalue weighted by molar-refractivity contribution is 7.08. The van der Waals surface area contributed by atoms with Crippen LogP contribution < -0.4 is 0 Å². The summed E-state index contributed by atoms with van der Waals surface area (Å²) in [7, 11) is 0. The normalized spacial score (nSPS) is 20.2. The molecular weight excluding hydrogens is 324 g/mol. The molecule has 1 atom stereocenters. The van der Waals surface area contributed by atoms with Crippen LogP contribution in [0, 0.1) is 5.92 Å². The van der Waals surface area contributed by atoms with Crippen LogP contribution in [-0.4, -0.2) is 45.6 Å². The van der Waals surface area contributed by atoms with E-state index in [0.29, 0.717) is 26.3 Å². The average molecular weight is 346 g/mol. The maximum absolute atomic E-state index is 12.7. The van der Waals surface area contributed by atoms with Crippen LogP contribution in [0.1, 0.15) is 47.4 Å². The number of amides is 1. The zero-order chi connectivity index (χ0) is 16.5. The minimum Gasteiger partial charge on any atom is -0.381 e. The van der Waals surface area contributed by atoms with E-state index >= 15 is 0 Å². The third kappa shape index (κ3) is 3.10. The predicted molar refractivity (Wildman–Crippen MR) is 91.0 cm³/mol. The lowest BCUT2D eigenvalue weighted by Gasteiger charge is -2.32. The third-order valence-corrected chi connectivity index (χ3v) is 5.41. The van der Waals surface area contributed by atoms with Gasteiger partial charge in [0.2, 0.25) is 0 Å². The number of fused-ring (bicyclic) bond motifs is 1. The molecule has 0 N–H and O–H groups in total. The summed E-state index contributed by atoms with van der Waals surface area (Å²) in [5.74, 6) is 0.958. The Hall–Kier alpha value is -1.73. The van der Waals surface area contributed by atoms with Crippen molar-refractivity contribution in [3.05, 3.63) is 33.8 Å². The van der Waals surface area contributed by atoms with Crippen molar-refractivity contribution in [2.24, 2.45) is 5.92 Å². The van der Waals surface area contributed by atoms with Gasteiger partial charge in [-0.1, -0.05) is 5.21 Å². The van der Waals surface area contributed by atoms with Crippen LogP contribution in [0.15, 0.2) is 16.8 Å². The molecule has 0 bridgehead atoms. The first kappa shape index (κ1) is 15.8. The summed E-state index contributed by atoms with van der Waals surface area (Å²) < 4.78 is 7.75. The van der Waals surface area contributed by atoms with Gasteiger partial charge in [-0.15, -0.1) is 5.10 Å². The molecule has 6 nitrogen and oxygen atoms in total. The van der Waals surface area contributed by atoms with Crippen LogP contribution in [0.3, 0.4) is 0 Å². The average Bonchev–Trinajstić information content (AvgIpc) is 3.09. The van der Waals surface area contributed by atoms with Crippen molar-refractivity contribution in [3.63, 3.8) is 0 Å². The molecule has 0 aromatic carbocycles. The van der Waals surface area contributed by atoms with Gasteiger partial charge < -0.3 is 9.64 Å². The third-order valence-electron chi connectivity index (χ3n) is 4.72. The van der Waals surface area contributed by atoms with Gasteiger partial charge in [-0.05, 0) is 37.1 Å². The zero-order valence-corrected chi connectivity index (χ0v) is 14.7. The Morgan fingerprint density at radius 2 is 2.33 bits per heavy atom. The van der Waals surface area contributed by atoms with Crippen LogP contribution in [0.2, 0.25) is 0 Å². The van der Waals surface area contributed by atoms with E-state index in [1.165, 1.54) is 18.5 Å². The molecule has 2 aromatic rings. The highest BCUT2D eigenvalue weighted by Gasteiger charge is 2.35. The Balaban J connectivity index is 1.59. The molecule has 1 saturated carbocycles. The van der Waals surface area contributed by atoms with Gasteiger partial charge in [-0.3, -0.25) is 4.79 Å². The van der Waals surface area contributed by atoms with E-state index in [2.05, 4.69) is 15.0 Å². The predicted octanol–water partition coefficient (Wildman–Crippen LogP) is 2.53. The Labute approximate surface area is 145 Å². The topological polar surface area (TPSA) is 60.2 Å². The number of thiophene rings is 1. The number of aromatic nitrogens is 3. The second-order valence-corrected chi connectivity index (χ2v) is 7.38. The van der Waals surface area contributed by atoms with Gasteiger partial charge in [0.1, 0.15) is 5.69 Å². The summed E-state index contributed by atoms with van der Waals surface area (Å²) >= 11 is 1.55. The van der Waals surface area contributed by atoms with Crippen molar-refractivity contribution in [2.45, 2.75) is 38.8 Å². The molecule has 24 heavy (non-hydrogen) atoms. The molecule has 2 aliphatic rings. The molecule has 0 unspecified atom stereocenters. The highest BCUT2D eigenvalue weighted by atomic mass is 32.1. The largest absolute Gasteiger partial charge is 0.381 e. The van der Waals surface area contributed by atoms with E-state index in [4.69, 9.17) is 4.74 Å². The number of carbonyl (C=O) groups excluding carboxylic acids is 1. The van der Waals surface area contributed by atoms with E-state index in [0.717, 1.165) is 23.7 Å². The van der Waals surface area contributed by atoms with Crippen LogP contribution in [-0.2, 0) is 17.8 Å². The Kier molecular flexibility index (Phi) is 4.37. The number of rotatable bonds is 6. The molecule has 0 spiro atoms. The lowest BCUT2D eigenvalue weighted by Crippen LogP contribution is -2.40. The van der Waals surface area contributed by atoms with Gasteiger partial charge in [0.25, 0.3) is 5.91 Å². The van der Waals surface area contributed by atoms with Crippen molar-refractivity contribution >= 4 is 17.2 Å². The van der Waals surface area contributed by atoms with E-state index in [9.17, 15) is 4.79 Å². The Morgan fingerprint density at radius 1 is 1.46 bits per heavy atom. The quantitative estimate of drug-likeness (QED) is 0.806. The molecular formula is C17H22N4O2S. The van der Waals surface area contributed by atoms with Crippen LogP contribution >= 0.6 is 11.3 Å². The van der Waals surface area contributed by atoms with E-state index in [-0.39, 0.29) is 11.8 Å².